The van der Waals surface area contributed by atoms with Crippen LogP contribution in [0.2, 0.25) is 13.3 Å². The number of aromatic nitrogens is 3. The van der Waals surface area contributed by atoms with Gasteiger partial charge in [-0.2, -0.15) is 0 Å². The van der Waals surface area contributed by atoms with Crippen LogP contribution in [0.1, 0.15) is 59.3 Å². The van der Waals surface area contributed by atoms with Gasteiger partial charge in [-0.05, 0) is 0 Å². The van der Waals surface area contributed by atoms with Gasteiger partial charge in [0, 0.05) is 0 Å². The molecule has 0 unspecified atom stereocenters. The minimum absolute atomic E-state index is 0.200. The van der Waals surface area contributed by atoms with Crippen molar-refractivity contribution >= 4 is 39.4 Å². The molecule has 0 aliphatic rings. The van der Waals surface area contributed by atoms with Crippen molar-refractivity contribution in [2.24, 2.45) is 0 Å². The minimum atomic E-state index is -2.73. The molecule has 2 heterocycles. The van der Waals surface area contributed by atoms with Crippen molar-refractivity contribution in [2.45, 2.75) is 82.7 Å². The van der Waals surface area contributed by atoms with Crippen molar-refractivity contribution in [1.29, 1.82) is 0 Å². The van der Waals surface area contributed by atoms with Crippen molar-refractivity contribution in [3.8, 4) is 0 Å². The van der Waals surface area contributed by atoms with Crippen molar-refractivity contribution in [2.75, 3.05) is 0 Å². The normalized spacial score (nSPS) is 12.0. The Hall–Kier alpha value is -1.08. The Morgan fingerprint density at radius 2 is 1.53 bits per heavy atom. The maximum atomic E-state index is 14.4. The van der Waals surface area contributed by atoms with Crippen LogP contribution in [0.25, 0.3) is 5.52 Å². The summed E-state index contributed by atoms with van der Waals surface area (Å²) >= 11 is -1.33. The second-order valence-electron chi connectivity index (χ2n) is 8.19. The molecule has 3 nitrogen and oxygen atoms in total. The molecule has 6 heteroatoms. The van der Waals surface area contributed by atoms with Gasteiger partial charge in [0.2, 0.25) is 0 Å². The summed E-state index contributed by atoms with van der Waals surface area (Å²) in [6.07, 6.45) is 9.38. The first kappa shape index (κ1) is 23.6. The quantitative estimate of drug-likeness (QED) is 0.233. The molecule has 162 valence electrons. The van der Waals surface area contributed by atoms with Gasteiger partial charge in [-0.25, -0.2) is 0 Å². The van der Waals surface area contributed by atoms with Crippen molar-refractivity contribution in [3.05, 3.63) is 48.4 Å². The summed E-state index contributed by atoms with van der Waals surface area (Å²) in [4.78, 5) is 5.86. The number of unbranched alkanes of at least 4 members (excludes halogenated alkanes) is 3. The molecule has 30 heavy (non-hydrogen) atoms. The molecule has 2 aromatic heterocycles. The van der Waals surface area contributed by atoms with E-state index in [1.54, 1.807) is 6.07 Å². The third-order valence-electron chi connectivity index (χ3n) is 5.95. The number of hydrogen-bond acceptors (Lipinski definition) is 3. The van der Waals surface area contributed by atoms with E-state index in [-0.39, 0.29) is 5.82 Å². The average Bonchev–Trinajstić information content (AvgIpc) is 3.14. The van der Waals surface area contributed by atoms with Crippen LogP contribution in [0.4, 0.5) is 4.39 Å². The van der Waals surface area contributed by atoms with E-state index in [1.807, 2.05) is 28.9 Å². The van der Waals surface area contributed by atoms with Crippen molar-refractivity contribution in [1.82, 2.24) is 14.6 Å². The third kappa shape index (κ3) is 5.39. The van der Waals surface area contributed by atoms with E-state index in [1.165, 1.54) is 73.4 Å². The van der Waals surface area contributed by atoms with Gasteiger partial charge in [0.25, 0.3) is 0 Å². The van der Waals surface area contributed by atoms with Crippen molar-refractivity contribution < 1.29 is 4.39 Å². The third-order valence-corrected chi connectivity index (χ3v) is 22.1. The van der Waals surface area contributed by atoms with E-state index in [0.29, 0.717) is 4.90 Å². The van der Waals surface area contributed by atoms with Gasteiger partial charge in [0.15, 0.2) is 0 Å². The van der Waals surface area contributed by atoms with Gasteiger partial charge in [-0.15, -0.1) is 0 Å². The zero-order valence-corrected chi connectivity index (χ0v) is 22.2. The Labute approximate surface area is 188 Å². The Balaban J connectivity index is 2.11. The van der Waals surface area contributed by atoms with Crippen LogP contribution in [0.15, 0.2) is 52.6 Å². The van der Waals surface area contributed by atoms with Crippen molar-refractivity contribution in [3.63, 3.8) is 0 Å². The van der Waals surface area contributed by atoms with E-state index >= 15 is 0 Å². The molecular weight excluding hydrogens is 500 g/mol. The fourth-order valence-electron chi connectivity index (χ4n) is 4.26. The number of hydrogen-bond donors (Lipinski definition) is 0. The second-order valence-corrected chi connectivity index (χ2v) is 22.1. The average molecular weight is 534 g/mol. The molecular formula is C24H34FN3SSn. The van der Waals surface area contributed by atoms with Crippen LogP contribution in [0.3, 0.4) is 0 Å². The van der Waals surface area contributed by atoms with Gasteiger partial charge in [0.05, 0.1) is 0 Å². The number of rotatable bonds is 12. The first-order valence-electron chi connectivity index (χ1n) is 11.4. The summed E-state index contributed by atoms with van der Waals surface area (Å²) in [5.41, 5.74) is 1.16. The number of benzene rings is 1. The van der Waals surface area contributed by atoms with E-state index < -0.39 is 18.4 Å². The molecule has 0 amide bonds. The molecule has 0 spiro atoms. The standard InChI is InChI=1S/C12H7FN3S.3C4H9.Sn/c13-10-5-1-2-6-11(10)17-12-14-8-9-4-3-7-15-16(9)12;3*1-3-4-2;/h1-7H;3*1,3-4H2,2H3;. The molecule has 0 aliphatic heterocycles. The van der Waals surface area contributed by atoms with Gasteiger partial charge in [-0.1, -0.05) is 0 Å². The van der Waals surface area contributed by atoms with Gasteiger partial charge in [0.1, 0.15) is 0 Å². The van der Waals surface area contributed by atoms with E-state index in [4.69, 9.17) is 4.98 Å². The predicted octanol–water partition coefficient (Wildman–Crippen LogP) is 7.08. The van der Waals surface area contributed by atoms with Crippen LogP contribution >= 0.6 is 11.8 Å². The molecule has 3 rings (SSSR count). The molecule has 0 N–H and O–H groups in total. The molecule has 0 radical (unpaired) electrons. The number of fused-ring (bicyclic) bond motifs is 1. The fraction of sp³-hybridized carbons (Fsp3) is 0.500. The molecule has 3 aromatic rings. The summed E-state index contributed by atoms with van der Waals surface area (Å²) < 4.78 is 21.8. The molecule has 0 saturated carbocycles. The Morgan fingerprint density at radius 3 is 2.13 bits per heavy atom. The summed E-state index contributed by atoms with van der Waals surface area (Å²) in [6, 6.07) is 11.1. The van der Waals surface area contributed by atoms with E-state index in [2.05, 4.69) is 31.9 Å². The van der Waals surface area contributed by atoms with E-state index in [0.717, 1.165) is 10.7 Å². The fourth-order valence-corrected chi connectivity index (χ4v) is 21.4. The Morgan fingerprint density at radius 1 is 0.900 bits per heavy atom. The summed E-state index contributed by atoms with van der Waals surface area (Å²) in [7, 11) is 0. The first-order chi connectivity index (χ1) is 14.6. The Kier molecular flexibility index (Phi) is 9.05. The molecule has 1 aromatic carbocycles. The monoisotopic (exact) mass is 535 g/mol. The van der Waals surface area contributed by atoms with Crippen LogP contribution < -0.4 is 3.71 Å². The number of halogens is 1. The summed E-state index contributed by atoms with van der Waals surface area (Å²) in [5.74, 6) is -0.200. The van der Waals surface area contributed by atoms with Crippen LogP contribution in [-0.4, -0.2) is 33.0 Å². The van der Waals surface area contributed by atoms with Gasteiger partial charge in [-0.3, -0.25) is 0 Å². The summed E-state index contributed by atoms with van der Waals surface area (Å²) in [5, 5.41) is 5.43. The Bertz CT molecular complexity index is 921. The molecule has 0 atom stereocenters. The molecule has 0 bridgehead atoms. The van der Waals surface area contributed by atoms with Crippen LogP contribution in [-0.2, 0) is 0 Å². The topological polar surface area (TPSA) is 30.2 Å². The molecule has 0 saturated heterocycles. The molecule has 0 aliphatic carbocycles. The number of imidazole rings is 1. The first-order valence-corrected chi connectivity index (χ1v) is 19.7. The zero-order chi connectivity index (χ0) is 21.4. The molecule has 0 fully saturated rings. The van der Waals surface area contributed by atoms with Crippen LogP contribution in [0, 0.1) is 5.82 Å². The zero-order valence-electron chi connectivity index (χ0n) is 18.5. The predicted molar refractivity (Wildman–Crippen MR) is 128 cm³/mol. The maximum absolute atomic E-state index is 14.4. The summed E-state index contributed by atoms with van der Waals surface area (Å²) in [6.45, 7) is 6.88. The van der Waals surface area contributed by atoms with Crippen LogP contribution in [0.5, 0.6) is 0 Å². The van der Waals surface area contributed by atoms with E-state index in [9.17, 15) is 4.39 Å². The number of nitrogens with zero attached hydrogens (tertiary/aromatic N) is 3. The second kappa shape index (κ2) is 11.5. The SMILES string of the molecule is CCC[CH2][Sn]([CH2]CCC)([CH2]CCC)[c]1nc(Sc2ccccc2F)n2ncccc12. The van der Waals surface area contributed by atoms with Gasteiger partial charge < -0.3 is 0 Å². The van der Waals surface area contributed by atoms with Gasteiger partial charge >= 0.3 is 189 Å².